The van der Waals surface area contributed by atoms with Crippen molar-refractivity contribution in [2.45, 2.75) is 0 Å². The normalized spacial score (nSPS) is 10.5. The van der Waals surface area contributed by atoms with E-state index in [4.69, 9.17) is 19.2 Å². The number of aromatic nitrogens is 2. The molecule has 0 aliphatic heterocycles. The van der Waals surface area contributed by atoms with Crippen LogP contribution in [0.4, 0.5) is 0 Å². The van der Waals surface area contributed by atoms with Crippen LogP contribution in [-0.4, -0.2) is 34.5 Å². The van der Waals surface area contributed by atoms with E-state index in [1.165, 1.54) is 0 Å². The van der Waals surface area contributed by atoms with Gasteiger partial charge in [-0.25, -0.2) is 0 Å². The highest BCUT2D eigenvalue weighted by Gasteiger charge is 2.13. The van der Waals surface area contributed by atoms with Gasteiger partial charge in [-0.05, 0) is 41.9 Å². The Labute approximate surface area is 127 Å². The number of methoxy groups -OCH3 is 1. The minimum Gasteiger partial charge on any atom is -0.497 e. The van der Waals surface area contributed by atoms with E-state index in [-0.39, 0.29) is 0 Å². The zero-order valence-electron chi connectivity index (χ0n) is 11.8. The van der Waals surface area contributed by atoms with Crippen LogP contribution in [0.3, 0.4) is 0 Å². The second-order valence-electron chi connectivity index (χ2n) is 4.64. The first-order chi connectivity index (χ1) is 10.7. The van der Waals surface area contributed by atoms with Crippen molar-refractivity contribution in [3.05, 3.63) is 48.5 Å². The van der Waals surface area contributed by atoms with Gasteiger partial charge in [0, 0.05) is 11.1 Å². The van der Waals surface area contributed by atoms with E-state index >= 15 is 0 Å². The van der Waals surface area contributed by atoms with Crippen LogP contribution in [0.2, 0.25) is 0 Å². The summed E-state index contributed by atoms with van der Waals surface area (Å²) in [4.78, 5) is 0. The molecule has 0 unspecified atom stereocenters. The van der Waals surface area contributed by atoms with E-state index in [0.717, 1.165) is 11.3 Å². The minimum atomic E-state index is -1.49. The molecule has 0 spiro atoms. The Kier molecular flexibility index (Phi) is 3.91. The van der Waals surface area contributed by atoms with Crippen molar-refractivity contribution in [3.63, 3.8) is 0 Å². The van der Waals surface area contributed by atoms with E-state index in [9.17, 15) is 0 Å². The Hall–Kier alpha value is -2.64. The molecule has 6 nitrogen and oxygen atoms in total. The molecule has 2 N–H and O–H groups in total. The predicted octanol–water partition coefficient (Wildman–Crippen LogP) is 1.09. The summed E-state index contributed by atoms with van der Waals surface area (Å²) in [6.07, 6.45) is 0. The summed E-state index contributed by atoms with van der Waals surface area (Å²) in [7, 11) is 0.110. The van der Waals surface area contributed by atoms with Gasteiger partial charge in [0.15, 0.2) is 0 Å². The van der Waals surface area contributed by atoms with Gasteiger partial charge in [0.1, 0.15) is 5.75 Å². The first kappa shape index (κ1) is 14.3. The Morgan fingerprint density at radius 3 is 1.82 bits per heavy atom. The van der Waals surface area contributed by atoms with Crippen LogP contribution in [0.1, 0.15) is 0 Å². The third-order valence-corrected chi connectivity index (χ3v) is 3.22. The van der Waals surface area contributed by atoms with Gasteiger partial charge in [-0.3, -0.25) is 0 Å². The highest BCUT2D eigenvalue weighted by molar-refractivity contribution is 6.58. The molecule has 22 heavy (non-hydrogen) atoms. The van der Waals surface area contributed by atoms with Gasteiger partial charge in [0.25, 0.3) is 0 Å². The molecule has 0 saturated heterocycles. The van der Waals surface area contributed by atoms with Crippen LogP contribution in [0, 0.1) is 0 Å². The SMILES string of the molecule is COc1ccc(-c2nnc(-c3ccc(B(O)O)cc3)o2)cc1. The Morgan fingerprint density at radius 2 is 1.36 bits per heavy atom. The summed E-state index contributed by atoms with van der Waals surface area (Å²) < 4.78 is 10.7. The molecule has 0 bridgehead atoms. The molecular weight excluding hydrogens is 283 g/mol. The lowest BCUT2D eigenvalue weighted by Gasteiger charge is -2.00. The molecule has 0 amide bonds. The Balaban J connectivity index is 1.86. The van der Waals surface area contributed by atoms with Gasteiger partial charge in [-0.15, -0.1) is 10.2 Å². The smallest absolute Gasteiger partial charge is 0.488 e. The number of rotatable bonds is 4. The summed E-state index contributed by atoms with van der Waals surface area (Å²) in [5, 5.41) is 26.2. The van der Waals surface area contributed by atoms with E-state index in [1.807, 2.05) is 24.3 Å². The molecule has 0 atom stereocenters. The summed E-state index contributed by atoms with van der Waals surface area (Å²) in [6.45, 7) is 0. The molecule has 7 heteroatoms. The molecule has 110 valence electrons. The number of ether oxygens (including phenoxy) is 1. The van der Waals surface area contributed by atoms with Crippen LogP contribution in [-0.2, 0) is 0 Å². The Bertz CT molecular complexity index is 754. The largest absolute Gasteiger partial charge is 0.497 e. The third kappa shape index (κ3) is 2.85. The number of hydrogen-bond acceptors (Lipinski definition) is 6. The van der Waals surface area contributed by atoms with Gasteiger partial charge in [0.05, 0.1) is 7.11 Å². The molecule has 0 radical (unpaired) electrons. The maximum atomic E-state index is 9.07. The maximum Gasteiger partial charge on any atom is 0.488 e. The lowest BCUT2D eigenvalue weighted by Crippen LogP contribution is -2.29. The molecule has 0 saturated carbocycles. The average molecular weight is 296 g/mol. The lowest BCUT2D eigenvalue weighted by molar-refractivity contribution is 0.415. The summed E-state index contributed by atoms with van der Waals surface area (Å²) >= 11 is 0. The second kappa shape index (κ2) is 6.01. The summed E-state index contributed by atoms with van der Waals surface area (Å²) in [5.41, 5.74) is 1.90. The summed E-state index contributed by atoms with van der Waals surface area (Å²) in [5.74, 6) is 1.52. The number of hydrogen-bond donors (Lipinski definition) is 2. The molecule has 1 aromatic heterocycles. The van der Waals surface area contributed by atoms with Crippen molar-refractivity contribution in [1.82, 2.24) is 10.2 Å². The molecule has 0 fully saturated rings. The van der Waals surface area contributed by atoms with Gasteiger partial charge >= 0.3 is 7.12 Å². The van der Waals surface area contributed by atoms with E-state index < -0.39 is 7.12 Å². The topological polar surface area (TPSA) is 88.6 Å². The van der Waals surface area contributed by atoms with Gasteiger partial charge in [-0.2, -0.15) is 0 Å². The fourth-order valence-corrected chi connectivity index (χ4v) is 1.99. The van der Waals surface area contributed by atoms with Crippen molar-refractivity contribution in [2.24, 2.45) is 0 Å². The van der Waals surface area contributed by atoms with Crippen LogP contribution in [0.25, 0.3) is 22.9 Å². The molecular formula is C15H13BN2O4. The van der Waals surface area contributed by atoms with Crippen molar-refractivity contribution in [3.8, 4) is 28.7 Å². The minimum absolute atomic E-state index is 0.366. The van der Waals surface area contributed by atoms with Gasteiger partial charge < -0.3 is 19.2 Å². The molecule has 3 rings (SSSR count). The lowest BCUT2D eigenvalue weighted by atomic mass is 9.80. The molecule has 2 aromatic carbocycles. The fourth-order valence-electron chi connectivity index (χ4n) is 1.99. The van der Waals surface area contributed by atoms with E-state index in [2.05, 4.69) is 10.2 Å². The van der Waals surface area contributed by atoms with Crippen molar-refractivity contribution < 1.29 is 19.2 Å². The number of benzene rings is 2. The summed E-state index contributed by atoms with van der Waals surface area (Å²) in [6, 6.07) is 13.9. The van der Waals surface area contributed by atoms with Crippen LogP contribution >= 0.6 is 0 Å². The van der Waals surface area contributed by atoms with Gasteiger partial charge in [0.2, 0.25) is 11.8 Å². The third-order valence-electron chi connectivity index (χ3n) is 3.22. The highest BCUT2D eigenvalue weighted by Crippen LogP contribution is 2.24. The standard InChI is InChI=1S/C15H13BN2O4/c1-21-13-8-4-11(5-9-13)15-18-17-14(22-15)10-2-6-12(7-3-10)16(19)20/h2-9,19-20H,1H3. The van der Waals surface area contributed by atoms with Crippen LogP contribution in [0.15, 0.2) is 52.9 Å². The van der Waals surface area contributed by atoms with Gasteiger partial charge in [-0.1, -0.05) is 12.1 Å². The van der Waals surface area contributed by atoms with Crippen molar-refractivity contribution in [2.75, 3.05) is 7.11 Å². The van der Waals surface area contributed by atoms with Crippen LogP contribution in [0.5, 0.6) is 5.75 Å². The fraction of sp³-hybridized carbons (Fsp3) is 0.0667. The monoisotopic (exact) mass is 296 g/mol. The second-order valence-corrected chi connectivity index (χ2v) is 4.64. The predicted molar refractivity (Wildman–Crippen MR) is 81.5 cm³/mol. The average Bonchev–Trinajstić information content (AvgIpc) is 3.05. The van der Waals surface area contributed by atoms with E-state index in [1.54, 1.807) is 31.4 Å². The van der Waals surface area contributed by atoms with E-state index in [0.29, 0.717) is 22.8 Å². The van der Waals surface area contributed by atoms with Crippen LogP contribution < -0.4 is 10.2 Å². The molecule has 1 heterocycles. The van der Waals surface area contributed by atoms with Crippen molar-refractivity contribution >= 4 is 12.6 Å². The zero-order valence-corrected chi connectivity index (χ0v) is 11.8. The first-order valence-corrected chi connectivity index (χ1v) is 6.62. The maximum absolute atomic E-state index is 9.07. The molecule has 0 aliphatic carbocycles. The quantitative estimate of drug-likeness (QED) is 0.701. The molecule has 0 aliphatic rings. The highest BCUT2D eigenvalue weighted by atomic mass is 16.5. The van der Waals surface area contributed by atoms with Crippen molar-refractivity contribution in [1.29, 1.82) is 0 Å². The number of nitrogens with zero attached hydrogens (tertiary/aromatic N) is 2. The molecule has 3 aromatic rings. The first-order valence-electron chi connectivity index (χ1n) is 6.62. The Morgan fingerprint density at radius 1 is 0.864 bits per heavy atom. The zero-order chi connectivity index (χ0) is 15.5.